The molecular weight excluding hydrogens is 600 g/mol. The van der Waals surface area contributed by atoms with Gasteiger partial charge in [-0.2, -0.15) is 0 Å². The first-order chi connectivity index (χ1) is 23.8. The first kappa shape index (κ1) is 35.9. The van der Waals surface area contributed by atoms with E-state index in [1.165, 1.54) is 25.7 Å². The van der Waals surface area contributed by atoms with Crippen LogP contribution in [0.2, 0.25) is 0 Å². The summed E-state index contributed by atoms with van der Waals surface area (Å²) >= 11 is 0. The molecule has 1 aliphatic heterocycles. The Kier molecular flexibility index (Phi) is 15.1. The molecule has 6 nitrogen and oxygen atoms in total. The molecule has 6 heteroatoms. The van der Waals surface area contributed by atoms with Crippen LogP contribution >= 0.6 is 0 Å². The molecule has 5 rings (SSSR count). The van der Waals surface area contributed by atoms with Gasteiger partial charge in [0.05, 0.1) is 39.6 Å². The minimum atomic E-state index is -1.19. The van der Waals surface area contributed by atoms with Crippen LogP contribution in [-0.4, -0.2) is 43.9 Å². The fourth-order valence-electron chi connectivity index (χ4n) is 6.06. The first-order valence-electron chi connectivity index (χ1n) is 17.6. The lowest BCUT2D eigenvalue weighted by Crippen LogP contribution is -2.51. The molecule has 48 heavy (non-hydrogen) atoms. The molecule has 1 fully saturated rings. The lowest BCUT2D eigenvalue weighted by Gasteiger charge is -2.35. The highest BCUT2D eigenvalue weighted by atomic mass is 16.8. The van der Waals surface area contributed by atoms with Gasteiger partial charge < -0.3 is 28.4 Å². The maximum absolute atomic E-state index is 6.95. The van der Waals surface area contributed by atoms with E-state index in [-0.39, 0.29) is 6.61 Å². The molecule has 1 heterocycles. The highest BCUT2D eigenvalue weighted by Crippen LogP contribution is 2.39. The van der Waals surface area contributed by atoms with E-state index in [9.17, 15) is 0 Å². The standard InChI is InChI=1S/C42H52O6/c1-2-3-4-5-6-19-28-47-42(34-44-30-36-22-13-8-14-23-36)41(46-32-38-26-17-10-18-27-38)40(45-31-37-24-15-9-16-25-37)39(48-42)33-43-29-35-20-11-7-12-21-35/h7-18,20-27,39-41H,2-6,19,28-34H2,1H3/t39-,40-,41+,42-/m1/s1. The van der Waals surface area contributed by atoms with Gasteiger partial charge in [0.2, 0.25) is 5.79 Å². The second-order valence-electron chi connectivity index (χ2n) is 12.5. The van der Waals surface area contributed by atoms with Crippen molar-refractivity contribution in [3.8, 4) is 0 Å². The van der Waals surface area contributed by atoms with Gasteiger partial charge in [-0.05, 0) is 28.7 Å². The summed E-state index contributed by atoms with van der Waals surface area (Å²) in [6.45, 7) is 4.99. The maximum Gasteiger partial charge on any atom is 0.222 e. The molecule has 0 radical (unpaired) electrons. The fourth-order valence-corrected chi connectivity index (χ4v) is 6.06. The monoisotopic (exact) mass is 652 g/mol. The molecule has 256 valence electrons. The second-order valence-corrected chi connectivity index (χ2v) is 12.5. The van der Waals surface area contributed by atoms with Gasteiger partial charge in [-0.1, -0.05) is 160 Å². The van der Waals surface area contributed by atoms with Gasteiger partial charge in [0, 0.05) is 0 Å². The predicted molar refractivity (Wildman–Crippen MR) is 189 cm³/mol. The van der Waals surface area contributed by atoms with E-state index in [2.05, 4.69) is 55.5 Å². The molecule has 1 saturated heterocycles. The number of hydrogen-bond acceptors (Lipinski definition) is 6. The van der Waals surface area contributed by atoms with Crippen LogP contribution in [0.25, 0.3) is 0 Å². The van der Waals surface area contributed by atoms with E-state index >= 15 is 0 Å². The average molecular weight is 653 g/mol. The van der Waals surface area contributed by atoms with Gasteiger partial charge in [0.25, 0.3) is 0 Å². The summed E-state index contributed by atoms with van der Waals surface area (Å²) in [5.41, 5.74) is 4.33. The molecule has 0 aliphatic carbocycles. The Bertz CT molecular complexity index is 1390. The molecule has 1 aliphatic rings. The molecule has 4 aromatic carbocycles. The highest BCUT2D eigenvalue weighted by molar-refractivity contribution is 5.16. The lowest BCUT2D eigenvalue weighted by molar-refractivity contribution is -0.292. The minimum Gasteiger partial charge on any atom is -0.374 e. The Hall–Kier alpha value is -3.36. The van der Waals surface area contributed by atoms with E-state index < -0.39 is 24.1 Å². The Balaban J connectivity index is 1.39. The number of benzene rings is 4. The highest BCUT2D eigenvalue weighted by Gasteiger charge is 2.58. The van der Waals surface area contributed by atoms with Crippen molar-refractivity contribution in [3.63, 3.8) is 0 Å². The van der Waals surface area contributed by atoms with Gasteiger partial charge in [0.1, 0.15) is 24.9 Å². The predicted octanol–water partition coefficient (Wildman–Crippen LogP) is 9.06. The van der Waals surface area contributed by atoms with Crippen molar-refractivity contribution in [1.29, 1.82) is 0 Å². The van der Waals surface area contributed by atoms with Crippen molar-refractivity contribution in [3.05, 3.63) is 144 Å². The molecule has 0 unspecified atom stereocenters. The van der Waals surface area contributed by atoms with Gasteiger partial charge in [-0.3, -0.25) is 0 Å². The number of rotatable bonds is 22. The van der Waals surface area contributed by atoms with E-state index in [1.807, 2.05) is 72.8 Å². The smallest absolute Gasteiger partial charge is 0.222 e. The quantitative estimate of drug-likeness (QED) is 0.0790. The molecule has 0 saturated carbocycles. The van der Waals surface area contributed by atoms with Gasteiger partial charge in [-0.25, -0.2) is 0 Å². The summed E-state index contributed by atoms with van der Waals surface area (Å²) < 4.78 is 40.0. The zero-order chi connectivity index (χ0) is 33.1. The molecule has 0 N–H and O–H groups in total. The Morgan fingerprint density at radius 1 is 0.542 bits per heavy atom. The lowest BCUT2D eigenvalue weighted by atomic mass is 10.0. The summed E-state index contributed by atoms with van der Waals surface area (Å²) in [5, 5.41) is 0. The summed E-state index contributed by atoms with van der Waals surface area (Å²) in [7, 11) is 0. The van der Waals surface area contributed by atoms with E-state index in [0.29, 0.717) is 39.6 Å². The zero-order valence-corrected chi connectivity index (χ0v) is 28.4. The van der Waals surface area contributed by atoms with Crippen LogP contribution in [0.4, 0.5) is 0 Å². The van der Waals surface area contributed by atoms with Crippen LogP contribution in [0, 0.1) is 0 Å². The van der Waals surface area contributed by atoms with Crippen LogP contribution < -0.4 is 0 Å². The van der Waals surface area contributed by atoms with Gasteiger partial charge >= 0.3 is 0 Å². The number of ether oxygens (including phenoxy) is 6. The van der Waals surface area contributed by atoms with E-state index in [1.54, 1.807) is 0 Å². The van der Waals surface area contributed by atoms with Crippen LogP contribution in [0.15, 0.2) is 121 Å². The number of hydrogen-bond donors (Lipinski definition) is 0. The fraction of sp³-hybridized carbons (Fsp3) is 0.429. The average Bonchev–Trinajstić information content (AvgIpc) is 3.42. The van der Waals surface area contributed by atoms with Crippen LogP contribution in [0.5, 0.6) is 0 Å². The van der Waals surface area contributed by atoms with Gasteiger partial charge in [0.15, 0.2) is 0 Å². The maximum atomic E-state index is 6.95. The van der Waals surface area contributed by atoms with E-state index in [0.717, 1.165) is 35.1 Å². The number of unbranched alkanes of at least 4 members (excludes halogenated alkanes) is 5. The van der Waals surface area contributed by atoms with Crippen LogP contribution in [0.3, 0.4) is 0 Å². The largest absolute Gasteiger partial charge is 0.374 e. The molecule has 4 atom stereocenters. The van der Waals surface area contributed by atoms with Crippen LogP contribution in [0.1, 0.15) is 67.7 Å². The normalized spacial score (nSPS) is 20.6. The summed E-state index contributed by atoms with van der Waals surface area (Å²) in [4.78, 5) is 0. The molecule has 0 spiro atoms. The zero-order valence-electron chi connectivity index (χ0n) is 28.4. The van der Waals surface area contributed by atoms with Crippen molar-refractivity contribution in [2.75, 3.05) is 19.8 Å². The summed E-state index contributed by atoms with van der Waals surface area (Å²) in [6.07, 6.45) is 5.50. The third-order valence-electron chi connectivity index (χ3n) is 8.66. The van der Waals surface area contributed by atoms with Crippen LogP contribution in [-0.2, 0) is 54.8 Å². The topological polar surface area (TPSA) is 55.4 Å². The van der Waals surface area contributed by atoms with Crippen molar-refractivity contribution in [2.24, 2.45) is 0 Å². The summed E-state index contributed by atoms with van der Waals surface area (Å²) in [5.74, 6) is -1.19. The Morgan fingerprint density at radius 2 is 1.02 bits per heavy atom. The van der Waals surface area contributed by atoms with E-state index in [4.69, 9.17) is 28.4 Å². The summed E-state index contributed by atoms with van der Waals surface area (Å²) in [6, 6.07) is 40.8. The molecular formula is C42H52O6. The minimum absolute atomic E-state index is 0.192. The molecule has 0 aromatic heterocycles. The van der Waals surface area contributed by atoms with Crippen molar-refractivity contribution in [2.45, 2.75) is 96.0 Å². The van der Waals surface area contributed by atoms with Crippen molar-refractivity contribution < 1.29 is 28.4 Å². The third kappa shape index (κ3) is 11.4. The van der Waals surface area contributed by atoms with Crippen molar-refractivity contribution in [1.82, 2.24) is 0 Å². The Labute approximate surface area is 287 Å². The third-order valence-corrected chi connectivity index (χ3v) is 8.66. The molecule has 0 bridgehead atoms. The molecule has 4 aromatic rings. The Morgan fingerprint density at radius 3 is 1.58 bits per heavy atom. The van der Waals surface area contributed by atoms with Crippen molar-refractivity contribution >= 4 is 0 Å². The molecule has 0 amide bonds. The first-order valence-corrected chi connectivity index (χ1v) is 17.6. The van der Waals surface area contributed by atoms with Gasteiger partial charge in [-0.15, -0.1) is 0 Å². The second kappa shape index (κ2) is 20.2. The SMILES string of the molecule is CCCCCCCCO[C@]1(COCc2ccccc2)O[C@H](COCc2ccccc2)[C@@H](OCc2ccccc2)[C@@H]1OCc1ccccc1.